The molecule has 12 nitrogen and oxygen atoms in total. The molecule has 2 saturated heterocycles. The third kappa shape index (κ3) is 7.19. The molecule has 2 unspecified atom stereocenters. The summed E-state index contributed by atoms with van der Waals surface area (Å²) in [6, 6.07) is 6.82. The van der Waals surface area contributed by atoms with E-state index in [4.69, 9.17) is 21.1 Å². The van der Waals surface area contributed by atoms with E-state index >= 15 is 0 Å². The summed E-state index contributed by atoms with van der Waals surface area (Å²) in [4.78, 5) is 25.5. The van der Waals surface area contributed by atoms with Crippen molar-refractivity contribution in [1.29, 1.82) is 0 Å². The van der Waals surface area contributed by atoms with Gasteiger partial charge in [-0.15, -0.1) is 0 Å². The molecule has 4 rings (SSSR count). The Labute approximate surface area is 208 Å². The maximum Gasteiger partial charge on any atom is 0.295 e. The van der Waals surface area contributed by atoms with E-state index in [1.165, 1.54) is 0 Å². The van der Waals surface area contributed by atoms with Crippen LogP contribution in [-0.2, 0) is 9.47 Å². The van der Waals surface area contributed by atoms with Crippen molar-refractivity contribution in [2.75, 3.05) is 63.2 Å². The van der Waals surface area contributed by atoms with Crippen LogP contribution < -0.4 is 16.1 Å². The highest BCUT2D eigenvalue weighted by atomic mass is 35.5. The highest BCUT2D eigenvalue weighted by molar-refractivity contribution is 6.28. The number of anilines is 3. The fourth-order valence-electron chi connectivity index (χ4n) is 4.10. The molecule has 0 aliphatic carbocycles. The number of rotatable bonds is 10. The SMILES string of the molecule is O=C(N[N+]1(CC(O)CO)CCOCC1)c1ccc(Nc2nc(Cl)nc(NCC3CCCO3)n2)cc1. The maximum atomic E-state index is 12.9. The van der Waals surface area contributed by atoms with Crippen LogP contribution in [0, 0.1) is 0 Å². The summed E-state index contributed by atoms with van der Waals surface area (Å²) < 4.78 is 11.1. The van der Waals surface area contributed by atoms with Crippen molar-refractivity contribution < 1.29 is 29.1 Å². The van der Waals surface area contributed by atoms with Gasteiger partial charge in [0.25, 0.3) is 5.91 Å². The van der Waals surface area contributed by atoms with E-state index in [0.29, 0.717) is 50.0 Å². The highest BCUT2D eigenvalue weighted by Gasteiger charge is 2.35. The fraction of sp³-hybridized carbons (Fsp3) is 0.545. The Bertz CT molecular complexity index is 985. The molecule has 2 aliphatic heterocycles. The first-order valence-corrected chi connectivity index (χ1v) is 12.0. The first-order chi connectivity index (χ1) is 16.9. The van der Waals surface area contributed by atoms with Crippen LogP contribution in [0.25, 0.3) is 0 Å². The number of carbonyl (C=O) groups is 1. The van der Waals surface area contributed by atoms with E-state index in [9.17, 15) is 15.0 Å². The largest absolute Gasteiger partial charge is 0.393 e. The Kier molecular flexibility index (Phi) is 8.65. The summed E-state index contributed by atoms with van der Waals surface area (Å²) in [5.74, 6) is 0.337. The van der Waals surface area contributed by atoms with E-state index in [0.717, 1.165) is 19.4 Å². The number of aliphatic hydroxyl groups is 2. The zero-order valence-electron chi connectivity index (χ0n) is 19.3. The van der Waals surface area contributed by atoms with Gasteiger partial charge in [0.2, 0.25) is 17.2 Å². The van der Waals surface area contributed by atoms with Crippen molar-refractivity contribution in [3.63, 3.8) is 0 Å². The summed E-state index contributed by atoms with van der Waals surface area (Å²) in [6.45, 7) is 3.12. The van der Waals surface area contributed by atoms with E-state index in [1.807, 2.05) is 0 Å². The number of halogens is 1. The van der Waals surface area contributed by atoms with Crippen molar-refractivity contribution in [2.45, 2.75) is 25.0 Å². The van der Waals surface area contributed by atoms with Gasteiger partial charge in [-0.2, -0.15) is 20.4 Å². The number of hydrogen-bond acceptors (Lipinski definition) is 10. The second kappa shape index (κ2) is 11.9. The molecule has 2 aromatic rings. The summed E-state index contributed by atoms with van der Waals surface area (Å²) in [5, 5.41) is 25.5. The number of nitrogens with zero attached hydrogens (tertiary/aromatic N) is 4. The lowest BCUT2D eigenvalue weighted by Crippen LogP contribution is -2.67. The molecule has 1 aromatic carbocycles. The van der Waals surface area contributed by atoms with E-state index in [1.54, 1.807) is 24.3 Å². The molecular weight excluding hydrogens is 478 g/mol. The van der Waals surface area contributed by atoms with Gasteiger partial charge in [0.05, 0.1) is 25.9 Å². The fourth-order valence-corrected chi connectivity index (χ4v) is 4.26. The quantitative estimate of drug-likeness (QED) is 0.290. The summed E-state index contributed by atoms with van der Waals surface area (Å²) in [5.41, 5.74) is 4.11. The van der Waals surface area contributed by atoms with Crippen LogP contribution in [0.5, 0.6) is 0 Å². The summed E-state index contributed by atoms with van der Waals surface area (Å²) in [7, 11) is 0. The molecule has 5 N–H and O–H groups in total. The molecule has 0 radical (unpaired) electrons. The van der Waals surface area contributed by atoms with Gasteiger partial charge < -0.3 is 30.3 Å². The van der Waals surface area contributed by atoms with Gasteiger partial charge in [0.1, 0.15) is 25.7 Å². The third-order valence-corrected chi connectivity index (χ3v) is 6.13. The Hall–Kier alpha value is -2.61. The number of hydrogen-bond donors (Lipinski definition) is 5. The number of nitrogens with one attached hydrogen (secondary N) is 3. The molecule has 0 bridgehead atoms. The number of aliphatic hydroxyl groups excluding tert-OH is 2. The standard InChI is InChI=1S/C22H30ClN7O5/c23-20-26-21(24-12-18-2-1-9-35-18)28-22(27-20)25-16-5-3-15(4-6-16)19(33)29-30(13-17(32)14-31)7-10-34-11-8-30/h3-6,17-18,31-32H,1-2,7-14H2,(H2-,24,25,26,27,28,29,33)/p+1. The van der Waals surface area contributed by atoms with Crippen LogP contribution >= 0.6 is 11.6 Å². The predicted molar refractivity (Wildman–Crippen MR) is 128 cm³/mol. The average Bonchev–Trinajstić information content (AvgIpc) is 3.37. The highest BCUT2D eigenvalue weighted by Crippen LogP contribution is 2.19. The molecule has 35 heavy (non-hydrogen) atoms. The minimum absolute atomic E-state index is 0.0536. The van der Waals surface area contributed by atoms with Crippen molar-refractivity contribution >= 4 is 35.1 Å². The van der Waals surface area contributed by atoms with Crippen molar-refractivity contribution in [3.05, 3.63) is 35.1 Å². The Balaban J connectivity index is 1.38. The summed E-state index contributed by atoms with van der Waals surface area (Å²) >= 11 is 6.06. The molecular formula is C22H31ClN7O5+. The predicted octanol–water partition coefficient (Wildman–Crippen LogP) is 0.705. The third-order valence-electron chi connectivity index (χ3n) is 5.96. The van der Waals surface area contributed by atoms with Gasteiger partial charge in [-0.1, -0.05) is 0 Å². The smallest absolute Gasteiger partial charge is 0.295 e. The molecule has 2 atom stereocenters. The number of amides is 1. The molecule has 3 heterocycles. The van der Waals surface area contributed by atoms with Crippen LogP contribution in [0.1, 0.15) is 23.2 Å². The molecule has 1 amide bonds. The van der Waals surface area contributed by atoms with E-state index in [2.05, 4.69) is 31.0 Å². The van der Waals surface area contributed by atoms with Crippen molar-refractivity contribution in [1.82, 2.24) is 20.4 Å². The Morgan fingerprint density at radius 2 is 1.89 bits per heavy atom. The number of carbonyl (C=O) groups excluding carboxylic acids is 1. The number of benzene rings is 1. The van der Waals surface area contributed by atoms with Gasteiger partial charge >= 0.3 is 0 Å². The van der Waals surface area contributed by atoms with Gasteiger partial charge in [0, 0.05) is 24.4 Å². The van der Waals surface area contributed by atoms with Crippen LogP contribution in [0.15, 0.2) is 24.3 Å². The van der Waals surface area contributed by atoms with Gasteiger partial charge in [-0.25, -0.2) is 4.59 Å². The number of morpholine rings is 1. The van der Waals surface area contributed by atoms with Crippen molar-refractivity contribution in [3.8, 4) is 0 Å². The lowest BCUT2D eigenvalue weighted by molar-refractivity contribution is -0.969. The minimum Gasteiger partial charge on any atom is -0.393 e. The molecule has 2 aliphatic rings. The van der Waals surface area contributed by atoms with Crippen LogP contribution in [0.3, 0.4) is 0 Å². The molecule has 2 fully saturated rings. The van der Waals surface area contributed by atoms with Crippen molar-refractivity contribution in [2.24, 2.45) is 0 Å². The van der Waals surface area contributed by atoms with Crippen LogP contribution in [0.4, 0.5) is 17.6 Å². The first-order valence-electron chi connectivity index (χ1n) is 11.6. The molecule has 13 heteroatoms. The number of ether oxygens (including phenoxy) is 2. The van der Waals surface area contributed by atoms with Gasteiger partial charge in [-0.05, 0) is 48.7 Å². The number of quaternary nitrogens is 1. The zero-order chi connectivity index (χ0) is 24.7. The zero-order valence-corrected chi connectivity index (χ0v) is 20.1. The van der Waals surface area contributed by atoms with E-state index in [-0.39, 0.29) is 41.0 Å². The van der Waals surface area contributed by atoms with Gasteiger partial charge in [0.15, 0.2) is 0 Å². The lowest BCUT2D eigenvalue weighted by Gasteiger charge is -2.40. The lowest BCUT2D eigenvalue weighted by atomic mass is 10.2. The monoisotopic (exact) mass is 508 g/mol. The normalized spacial score (nSPS) is 20.3. The second-order valence-electron chi connectivity index (χ2n) is 8.63. The molecule has 0 spiro atoms. The Morgan fingerprint density at radius 1 is 1.14 bits per heavy atom. The Morgan fingerprint density at radius 3 is 2.57 bits per heavy atom. The molecule has 0 saturated carbocycles. The van der Waals surface area contributed by atoms with E-state index < -0.39 is 6.10 Å². The minimum atomic E-state index is -0.933. The molecule has 190 valence electrons. The van der Waals surface area contributed by atoms with Crippen LogP contribution in [-0.4, -0.2) is 100 Å². The topological polar surface area (TPSA) is 151 Å². The first kappa shape index (κ1) is 25.5. The van der Waals surface area contributed by atoms with Gasteiger partial charge in [-0.3, -0.25) is 4.79 Å². The van der Waals surface area contributed by atoms with Crippen LogP contribution in [0.2, 0.25) is 5.28 Å². The molecule has 1 aromatic heterocycles. The maximum absolute atomic E-state index is 12.9. The average molecular weight is 509 g/mol. The summed E-state index contributed by atoms with van der Waals surface area (Å²) in [6.07, 6.45) is 1.24. The number of aromatic nitrogens is 3. The second-order valence-corrected chi connectivity index (χ2v) is 8.97.